The zero-order chi connectivity index (χ0) is 95.9. The normalized spacial score (nSPS) is 11.0. The Balaban J connectivity index is 0.000000160. The number of esters is 5. The monoisotopic (exact) mass is 2140 g/mol. The number of thioether (sulfide) groups is 1. The van der Waals surface area contributed by atoms with Crippen molar-refractivity contribution in [2.75, 3.05) is 79.4 Å². The average Bonchev–Trinajstić information content (AvgIpc) is 1.66. The molecule has 0 bridgehead atoms. The van der Waals surface area contributed by atoms with E-state index in [-0.39, 0.29) is 62.6 Å². The number of ether oxygens (including phenoxy) is 5. The van der Waals surface area contributed by atoms with Crippen molar-refractivity contribution < 1.29 is 47.7 Å². The highest BCUT2D eigenvalue weighted by Crippen LogP contribution is 2.39. The van der Waals surface area contributed by atoms with E-state index < -0.39 is 0 Å². The summed E-state index contributed by atoms with van der Waals surface area (Å²) in [4.78, 5) is 81.6. The maximum Gasteiger partial charge on any atom is 0.328 e. The maximum absolute atomic E-state index is 12.4. The number of rotatable bonds is 31. The Labute approximate surface area is 821 Å². The fourth-order valence-corrected chi connectivity index (χ4v) is 17.3. The molecule has 0 aliphatic carbocycles. The number of hydrogen-bond donors (Lipinski definition) is 5. The van der Waals surface area contributed by atoms with Gasteiger partial charge in [-0.15, -0.1) is 11.8 Å². The van der Waals surface area contributed by atoms with Crippen LogP contribution in [0.4, 0.5) is 0 Å². The molecule has 133 heavy (non-hydrogen) atoms. The van der Waals surface area contributed by atoms with Gasteiger partial charge >= 0.3 is 29.8 Å². The molecule has 10 aromatic heterocycles. The molecular weight excluding hydrogens is 2030 g/mol. The van der Waals surface area contributed by atoms with E-state index in [1.807, 2.05) is 151 Å². The van der Waals surface area contributed by atoms with Crippen LogP contribution in [0.3, 0.4) is 0 Å². The molecule has 27 nitrogen and oxygen atoms in total. The van der Waals surface area contributed by atoms with Crippen LogP contribution in [0.5, 0.6) is 0 Å². The Morgan fingerprint density at radius 1 is 0.331 bits per heavy atom. The molecule has 0 aliphatic heterocycles. The number of nitrogens with one attached hydrogen (secondary N) is 5. The Hall–Kier alpha value is -11.4. The first-order valence-electron chi connectivity index (χ1n) is 43.3. The second-order valence-electron chi connectivity index (χ2n) is 31.9. The third-order valence-electron chi connectivity index (χ3n) is 21.3. The Morgan fingerprint density at radius 2 is 0.564 bits per heavy atom. The van der Waals surface area contributed by atoms with Gasteiger partial charge in [-0.1, -0.05) is 133 Å². The van der Waals surface area contributed by atoms with Gasteiger partial charge in [0.2, 0.25) is 0 Å². The van der Waals surface area contributed by atoms with Crippen molar-refractivity contribution >= 4 is 121 Å². The van der Waals surface area contributed by atoms with Crippen LogP contribution in [-0.2, 0) is 80.4 Å². The molecule has 0 radical (unpaired) electrons. The molecule has 0 atom stereocenters. The molecule has 0 aliphatic rings. The molecule has 5 N–H and O–H groups in total. The van der Waals surface area contributed by atoms with Crippen molar-refractivity contribution in [1.29, 1.82) is 0 Å². The van der Waals surface area contributed by atoms with Crippen molar-refractivity contribution in [2.45, 2.75) is 123 Å². The van der Waals surface area contributed by atoms with E-state index >= 15 is 0 Å². The number of halogens is 5. The molecule has 698 valence electrons. The average molecular weight is 2140 g/mol. The standard InChI is InChI=1S/C23H29BrN4O2.C21H25BrN4O2.C19H20BrN3O2S.C19H20BrN3O2.C18H18BrN3O2/c1-5-27(6-2)12-13-30-21(29)15-28-23(22(24)17(4)26-28)20-11-10-19(25-20)18-9-7-8-16(3)14-18;1-14-6-5-7-16(12-14)17-8-9-18(23-17)21-20(22)15(2)24-26(21)13-19(27)28-11-10-25(3)4;1-12-5-4-6-14(9-12)15-7-8-16(21-15)19-18(20)13(2)22-23(19)10-17(24)25-11-26-3;1-4-25-17(24)11-23-19(18(20)13(3)22-23)16-9-8-15(21-16)14-7-5-6-12(2)10-14;1-11-5-4-6-13(9-11)14-7-8-15(20-14)18-17(19)12(2)21-22(18)10-16(23)24-3/h7-11,14,25H,5-6,12-13,15H2,1-4H3;5-9,12,23H,10-11,13H2,1-4H3;4-9,21H,10-11H2,1-3H3;5-10,21H,4,11H2,1-3H3;4-9,20H,10H2,1-3H3. The van der Waals surface area contributed by atoms with Gasteiger partial charge < -0.3 is 58.4 Å². The maximum atomic E-state index is 12.4. The first-order chi connectivity index (χ1) is 63.7. The zero-order valence-corrected chi connectivity index (χ0v) is 86.5. The van der Waals surface area contributed by atoms with E-state index in [0.29, 0.717) is 32.3 Å². The fraction of sp³-hybridized carbons (Fsp3) is 0.300. The number of aryl methyl sites for hydroxylation is 10. The summed E-state index contributed by atoms with van der Waals surface area (Å²) in [6.45, 7) is 30.7. The fourth-order valence-electron chi connectivity index (χ4n) is 14.5. The van der Waals surface area contributed by atoms with Gasteiger partial charge in [-0.2, -0.15) is 25.5 Å². The van der Waals surface area contributed by atoms with Crippen molar-refractivity contribution in [3.63, 3.8) is 0 Å². The summed E-state index contributed by atoms with van der Waals surface area (Å²) in [5.41, 5.74) is 29.5. The van der Waals surface area contributed by atoms with Crippen LogP contribution in [0.15, 0.2) is 204 Å². The lowest BCUT2D eigenvalue weighted by Crippen LogP contribution is -2.28. The van der Waals surface area contributed by atoms with Gasteiger partial charge in [-0.05, 0) is 308 Å². The molecule has 0 saturated heterocycles. The number of hydrogen-bond acceptors (Lipinski definition) is 18. The van der Waals surface area contributed by atoms with E-state index in [9.17, 15) is 24.0 Å². The summed E-state index contributed by atoms with van der Waals surface area (Å²) in [5.74, 6) is -1.19. The van der Waals surface area contributed by atoms with Crippen LogP contribution in [0, 0.1) is 69.2 Å². The van der Waals surface area contributed by atoms with Crippen molar-refractivity contribution in [1.82, 2.24) is 83.6 Å². The number of nitrogens with zero attached hydrogens (tertiary/aromatic N) is 12. The van der Waals surface area contributed by atoms with Crippen LogP contribution >= 0.6 is 91.4 Å². The number of benzene rings is 5. The largest absolute Gasteiger partial charge is 0.468 e. The molecular formula is C100H112Br5N17O10S. The predicted octanol–water partition coefficient (Wildman–Crippen LogP) is 22.2. The van der Waals surface area contributed by atoms with Crippen molar-refractivity contribution in [2.24, 2.45) is 0 Å². The van der Waals surface area contributed by atoms with Gasteiger partial charge in [-0.3, -0.25) is 47.4 Å². The minimum atomic E-state index is -0.336. The number of H-pyrrole nitrogens is 5. The van der Waals surface area contributed by atoms with Gasteiger partial charge in [0.05, 0.1) is 121 Å². The molecule has 10 heterocycles. The van der Waals surface area contributed by atoms with Crippen molar-refractivity contribution in [3.05, 3.63) is 261 Å². The van der Waals surface area contributed by atoms with Crippen LogP contribution < -0.4 is 0 Å². The zero-order valence-electron chi connectivity index (χ0n) is 77.8. The third-order valence-corrected chi connectivity index (χ3v) is 26.4. The number of methoxy groups -OCH3 is 1. The number of carbonyl (C=O) groups excluding carboxylic acids is 5. The molecule has 5 aromatic carbocycles. The summed E-state index contributed by atoms with van der Waals surface area (Å²) in [6, 6.07) is 61.8. The molecule has 15 rings (SSSR count). The highest BCUT2D eigenvalue weighted by molar-refractivity contribution is 9.11. The summed E-state index contributed by atoms with van der Waals surface area (Å²) in [7, 11) is 5.26. The second-order valence-corrected chi connectivity index (χ2v) is 36.7. The molecule has 0 unspecified atom stereocenters. The lowest BCUT2D eigenvalue weighted by atomic mass is 10.1. The van der Waals surface area contributed by atoms with Gasteiger partial charge in [0.15, 0.2) is 0 Å². The molecule has 33 heteroatoms. The Bertz CT molecular complexity index is 6510. The van der Waals surface area contributed by atoms with Crippen molar-refractivity contribution in [3.8, 4) is 113 Å². The highest BCUT2D eigenvalue weighted by Gasteiger charge is 2.26. The number of aromatic nitrogens is 15. The number of likely N-dealkylation sites (N-methyl/N-ethyl adjacent to an activating group) is 2. The minimum absolute atomic E-state index is 0.0635. The quantitative estimate of drug-likeness (QED) is 0.0153. The summed E-state index contributed by atoms with van der Waals surface area (Å²) in [5, 5.41) is 22.4. The van der Waals surface area contributed by atoms with E-state index in [4.69, 9.17) is 23.7 Å². The molecule has 15 aromatic rings. The van der Waals surface area contributed by atoms with Crippen LogP contribution in [0.25, 0.3) is 113 Å². The summed E-state index contributed by atoms with van der Waals surface area (Å²) < 4.78 is 38.4. The van der Waals surface area contributed by atoms with Gasteiger partial charge in [0.1, 0.15) is 51.9 Å². The topological polar surface area (TPSA) is 306 Å². The van der Waals surface area contributed by atoms with Crippen LogP contribution in [0.1, 0.15) is 77.1 Å². The van der Waals surface area contributed by atoms with E-state index in [1.54, 1.807) is 30.3 Å². The van der Waals surface area contributed by atoms with Gasteiger partial charge in [-0.25, -0.2) is 0 Å². The SMILES string of the molecule is CCN(CC)CCOC(=O)Cn1nc(C)c(Br)c1-c1ccc(-c2cccc(C)c2)[nH]1.CCOC(=O)Cn1nc(C)c(Br)c1-c1ccc(-c2cccc(C)c2)[nH]1.COC(=O)Cn1nc(C)c(Br)c1-c1ccc(-c2cccc(C)c2)[nH]1.CSCOC(=O)Cn1nc(C)c(Br)c1-c1ccc(-c2cccc(C)c2)[nH]1.Cc1cccc(-c2ccc(-c3c(Br)c(C)nn3CC(=O)OCCN(C)C)[nH]2)c1. The molecule has 0 saturated carbocycles. The van der Waals surface area contributed by atoms with E-state index in [1.165, 1.54) is 46.7 Å². The van der Waals surface area contributed by atoms with Gasteiger partial charge in [0.25, 0.3) is 0 Å². The smallest absolute Gasteiger partial charge is 0.328 e. The van der Waals surface area contributed by atoms with E-state index in [2.05, 4.69) is 274 Å². The number of carbonyl (C=O) groups is 5. The highest BCUT2D eigenvalue weighted by atomic mass is 79.9. The second kappa shape index (κ2) is 48.5. The first kappa shape index (κ1) is 102. The van der Waals surface area contributed by atoms with Crippen LogP contribution in [-0.4, -0.2) is 193 Å². The lowest BCUT2D eigenvalue weighted by molar-refractivity contribution is -0.145. The van der Waals surface area contributed by atoms with E-state index in [0.717, 1.165) is 184 Å². The lowest BCUT2D eigenvalue weighted by Gasteiger charge is -2.17. The third kappa shape index (κ3) is 27.4. The summed E-state index contributed by atoms with van der Waals surface area (Å²) in [6.07, 6.45) is 1.89. The van der Waals surface area contributed by atoms with Crippen LogP contribution in [0.2, 0.25) is 0 Å². The molecule has 0 spiro atoms. The Kier molecular flexibility index (Phi) is 37.2. The first-order valence-corrected chi connectivity index (χ1v) is 48.6. The molecule has 0 amide bonds. The number of aromatic amines is 5. The summed E-state index contributed by atoms with van der Waals surface area (Å²) >= 11 is 19.5. The molecule has 0 fully saturated rings. The minimum Gasteiger partial charge on any atom is -0.468 e. The Morgan fingerprint density at radius 3 is 0.789 bits per heavy atom. The van der Waals surface area contributed by atoms with Gasteiger partial charge in [0, 0.05) is 41.6 Å². The predicted molar refractivity (Wildman–Crippen MR) is 545 cm³/mol.